The molecule has 0 spiro atoms. The topological polar surface area (TPSA) is 153 Å². The number of carbonyl (C=O) groups excluding carboxylic acids is 3. The molecule has 0 fully saturated rings. The van der Waals surface area contributed by atoms with E-state index in [1.807, 2.05) is 4.98 Å². The highest BCUT2D eigenvalue weighted by molar-refractivity contribution is 6.01. The number of carbonyl (C=O) groups is 3. The van der Waals surface area contributed by atoms with Gasteiger partial charge < -0.3 is 15.8 Å². The van der Waals surface area contributed by atoms with Crippen molar-refractivity contribution in [3.8, 4) is 0 Å². The summed E-state index contributed by atoms with van der Waals surface area (Å²) in [5, 5.41) is 2.44. The zero-order valence-electron chi connectivity index (χ0n) is 14.6. The second kappa shape index (κ2) is 8.13. The summed E-state index contributed by atoms with van der Waals surface area (Å²) >= 11 is 0. The number of hydrogen-bond donors (Lipinski definition) is 3. The minimum absolute atomic E-state index is 0.338. The molecule has 10 nitrogen and oxygen atoms in total. The van der Waals surface area contributed by atoms with E-state index in [4.69, 9.17) is 10.5 Å². The number of ketones is 1. The number of ether oxygens (including phenoxy) is 1. The van der Waals surface area contributed by atoms with E-state index in [0.717, 1.165) is 4.57 Å². The third-order valence-corrected chi connectivity index (χ3v) is 3.73. The average Bonchev–Trinajstić information content (AvgIpc) is 2.64. The molecule has 0 bridgehead atoms. The molecule has 0 aliphatic rings. The molecule has 1 amide bonds. The van der Waals surface area contributed by atoms with Crippen molar-refractivity contribution in [3.63, 3.8) is 0 Å². The maximum Gasteiger partial charge on any atom is 0.329 e. The summed E-state index contributed by atoms with van der Waals surface area (Å²) in [5.74, 6) is -2.56. The fourth-order valence-electron chi connectivity index (χ4n) is 2.17. The van der Waals surface area contributed by atoms with Gasteiger partial charge in [0, 0.05) is 12.6 Å². The minimum atomic E-state index is -1.03. The summed E-state index contributed by atoms with van der Waals surface area (Å²) in [7, 11) is 1.28. The molecule has 1 heterocycles. The number of benzene rings is 1. The first-order valence-corrected chi connectivity index (χ1v) is 7.87. The lowest BCUT2D eigenvalue weighted by atomic mass is 10.2. The predicted molar refractivity (Wildman–Crippen MR) is 95.4 cm³/mol. The number of amides is 1. The summed E-state index contributed by atoms with van der Waals surface area (Å²) in [4.78, 5) is 61.2. The van der Waals surface area contributed by atoms with Crippen LogP contribution in [-0.4, -0.2) is 39.9 Å². The Morgan fingerprint density at radius 1 is 1.22 bits per heavy atom. The van der Waals surface area contributed by atoms with Crippen LogP contribution < -0.4 is 22.3 Å². The van der Waals surface area contributed by atoms with Gasteiger partial charge >= 0.3 is 11.7 Å². The summed E-state index contributed by atoms with van der Waals surface area (Å²) < 4.78 is 5.73. The Morgan fingerprint density at radius 3 is 2.48 bits per heavy atom. The van der Waals surface area contributed by atoms with Crippen molar-refractivity contribution in [1.82, 2.24) is 14.9 Å². The summed E-state index contributed by atoms with van der Waals surface area (Å²) in [6.07, 6.45) is 0. The number of aromatic amines is 1. The molecule has 2 aromatic rings. The third kappa shape index (κ3) is 4.48. The molecule has 1 aromatic heterocycles. The minimum Gasteiger partial charge on any atom is -0.456 e. The van der Waals surface area contributed by atoms with Gasteiger partial charge in [0.25, 0.3) is 11.5 Å². The first-order chi connectivity index (χ1) is 12.7. The molecule has 0 unspecified atom stereocenters. The Morgan fingerprint density at radius 2 is 1.85 bits per heavy atom. The van der Waals surface area contributed by atoms with Crippen molar-refractivity contribution in [2.45, 2.75) is 13.0 Å². The molecule has 10 heteroatoms. The van der Waals surface area contributed by atoms with Crippen LogP contribution in [0.25, 0.3) is 0 Å². The fraction of sp³-hybridized carbons (Fsp3) is 0.235. The predicted octanol–water partition coefficient (Wildman–Crippen LogP) is -0.800. The number of rotatable bonds is 6. The van der Waals surface area contributed by atoms with Gasteiger partial charge in [0.2, 0.25) is 5.78 Å². The lowest BCUT2D eigenvalue weighted by Gasteiger charge is -2.13. The molecule has 142 valence electrons. The van der Waals surface area contributed by atoms with Crippen LogP contribution in [0.3, 0.4) is 0 Å². The maximum absolute atomic E-state index is 12.1. The van der Waals surface area contributed by atoms with Crippen LogP contribution in [0.5, 0.6) is 0 Å². The molecule has 1 aromatic carbocycles. The van der Waals surface area contributed by atoms with Crippen molar-refractivity contribution < 1.29 is 19.1 Å². The van der Waals surface area contributed by atoms with Crippen LogP contribution in [0.4, 0.5) is 5.82 Å². The van der Waals surface area contributed by atoms with Crippen molar-refractivity contribution in [2.24, 2.45) is 7.05 Å². The van der Waals surface area contributed by atoms with E-state index in [2.05, 4.69) is 5.32 Å². The second-order valence-corrected chi connectivity index (χ2v) is 5.67. The average molecular weight is 374 g/mol. The second-order valence-electron chi connectivity index (χ2n) is 5.67. The molecular formula is C17H18N4O6. The highest BCUT2D eigenvalue weighted by Crippen LogP contribution is 2.04. The Bertz CT molecular complexity index is 993. The lowest BCUT2D eigenvalue weighted by molar-refractivity contribution is -0.144. The number of nitrogens with one attached hydrogen (secondary N) is 2. The van der Waals surface area contributed by atoms with E-state index in [0.29, 0.717) is 5.56 Å². The maximum atomic E-state index is 12.1. The lowest BCUT2D eigenvalue weighted by Crippen LogP contribution is -2.40. The van der Waals surface area contributed by atoms with Gasteiger partial charge in [-0.3, -0.25) is 23.9 Å². The summed E-state index contributed by atoms with van der Waals surface area (Å²) in [6.45, 7) is 0.622. The van der Waals surface area contributed by atoms with E-state index in [1.54, 1.807) is 30.3 Å². The smallest absolute Gasteiger partial charge is 0.329 e. The van der Waals surface area contributed by atoms with E-state index in [-0.39, 0.29) is 5.82 Å². The monoisotopic (exact) mass is 374 g/mol. The number of esters is 1. The highest BCUT2D eigenvalue weighted by atomic mass is 16.5. The number of nitrogens with zero attached hydrogens (tertiary/aromatic N) is 1. The molecule has 0 saturated carbocycles. The SMILES string of the molecule is C[C@H](NC(=O)c1ccccc1)C(=O)OCC(=O)c1c(N)n(C)c(=O)[nH]c1=O. The van der Waals surface area contributed by atoms with Crippen molar-refractivity contribution >= 4 is 23.5 Å². The Hall–Kier alpha value is -3.69. The van der Waals surface area contributed by atoms with Crippen LogP contribution in [-0.2, 0) is 16.6 Å². The van der Waals surface area contributed by atoms with E-state index in [9.17, 15) is 24.0 Å². The van der Waals surface area contributed by atoms with Crippen molar-refractivity contribution in [2.75, 3.05) is 12.3 Å². The molecule has 1 atom stereocenters. The van der Waals surface area contributed by atoms with E-state index in [1.165, 1.54) is 14.0 Å². The standard InChI is InChI=1S/C17H18N4O6/c1-9(19-14(23)10-6-4-3-5-7-10)16(25)27-8-11(22)12-13(18)21(2)17(26)20-15(12)24/h3-7,9H,8,18H2,1-2H3,(H,19,23)(H,20,24,26)/t9-/m0/s1. The van der Waals surface area contributed by atoms with Gasteiger partial charge in [-0.1, -0.05) is 18.2 Å². The first-order valence-electron chi connectivity index (χ1n) is 7.87. The van der Waals surface area contributed by atoms with Crippen LogP contribution in [0, 0.1) is 0 Å². The normalized spacial score (nSPS) is 11.5. The third-order valence-electron chi connectivity index (χ3n) is 3.73. The Labute approximate surface area is 153 Å². The van der Waals surface area contributed by atoms with Crippen molar-refractivity contribution in [3.05, 3.63) is 62.3 Å². The fourth-order valence-corrected chi connectivity index (χ4v) is 2.17. The van der Waals surface area contributed by atoms with Gasteiger partial charge in [0.15, 0.2) is 6.61 Å². The zero-order valence-corrected chi connectivity index (χ0v) is 14.6. The molecule has 0 radical (unpaired) electrons. The molecule has 2 rings (SSSR count). The first kappa shape index (κ1) is 19.6. The Kier molecular flexibility index (Phi) is 5.91. The molecule has 27 heavy (non-hydrogen) atoms. The molecule has 4 N–H and O–H groups in total. The quantitative estimate of drug-likeness (QED) is 0.442. The number of nitrogen functional groups attached to an aromatic ring is 1. The van der Waals surface area contributed by atoms with Crippen LogP contribution >= 0.6 is 0 Å². The van der Waals surface area contributed by atoms with Gasteiger partial charge in [-0.15, -0.1) is 0 Å². The number of Topliss-reactive ketones (excluding diaryl/α,β-unsaturated/α-hetero) is 1. The number of aromatic nitrogens is 2. The summed E-state index contributed by atoms with van der Waals surface area (Å²) in [5.41, 5.74) is 3.74. The Balaban J connectivity index is 2.00. The van der Waals surface area contributed by atoms with Crippen LogP contribution in [0.1, 0.15) is 27.6 Å². The van der Waals surface area contributed by atoms with Crippen LogP contribution in [0.15, 0.2) is 39.9 Å². The molecule has 0 aliphatic carbocycles. The number of hydrogen-bond acceptors (Lipinski definition) is 7. The van der Waals surface area contributed by atoms with Crippen LogP contribution in [0.2, 0.25) is 0 Å². The van der Waals surface area contributed by atoms with Gasteiger partial charge in [0.1, 0.15) is 17.4 Å². The molecule has 0 aliphatic heterocycles. The van der Waals surface area contributed by atoms with E-state index < -0.39 is 47.1 Å². The molecule has 0 saturated heterocycles. The largest absolute Gasteiger partial charge is 0.456 e. The van der Waals surface area contributed by atoms with Gasteiger partial charge in [-0.2, -0.15) is 0 Å². The number of H-pyrrole nitrogens is 1. The number of nitrogens with two attached hydrogens (primary N) is 1. The van der Waals surface area contributed by atoms with E-state index >= 15 is 0 Å². The van der Waals surface area contributed by atoms with Gasteiger partial charge in [-0.25, -0.2) is 9.59 Å². The summed E-state index contributed by atoms with van der Waals surface area (Å²) in [6, 6.07) is 7.21. The highest BCUT2D eigenvalue weighted by Gasteiger charge is 2.22. The van der Waals surface area contributed by atoms with Gasteiger partial charge in [0.05, 0.1) is 0 Å². The number of anilines is 1. The van der Waals surface area contributed by atoms with Crippen molar-refractivity contribution in [1.29, 1.82) is 0 Å². The molecular weight excluding hydrogens is 356 g/mol. The van der Waals surface area contributed by atoms with Gasteiger partial charge in [-0.05, 0) is 19.1 Å². The zero-order chi connectivity index (χ0) is 20.1.